The summed E-state index contributed by atoms with van der Waals surface area (Å²) >= 11 is 0. The van der Waals surface area contributed by atoms with E-state index in [1.807, 2.05) is 63.2 Å². The van der Waals surface area contributed by atoms with E-state index in [-0.39, 0.29) is 5.97 Å². The lowest BCUT2D eigenvalue weighted by molar-refractivity contribution is -0.144. The van der Waals surface area contributed by atoms with Gasteiger partial charge in [-0.1, -0.05) is 42.0 Å². The third-order valence-corrected chi connectivity index (χ3v) is 3.34. The quantitative estimate of drug-likeness (QED) is 0.842. The van der Waals surface area contributed by atoms with Crippen LogP contribution in [0.25, 0.3) is 0 Å². The van der Waals surface area contributed by atoms with Crippen molar-refractivity contribution in [1.82, 2.24) is 0 Å². The summed E-state index contributed by atoms with van der Waals surface area (Å²) in [5.74, 6) is -0.256. The van der Waals surface area contributed by atoms with E-state index in [1.54, 1.807) is 0 Å². The molecule has 1 unspecified atom stereocenters. The Morgan fingerprint density at radius 3 is 2.48 bits per heavy atom. The van der Waals surface area contributed by atoms with Crippen LogP contribution < -0.4 is 5.32 Å². The molecule has 0 spiro atoms. The Hall–Kier alpha value is -2.29. The summed E-state index contributed by atoms with van der Waals surface area (Å²) < 4.78 is 5.21. The van der Waals surface area contributed by atoms with E-state index in [0.29, 0.717) is 6.61 Å². The fraction of sp³-hybridized carbons (Fsp3) is 0.278. The molecule has 21 heavy (non-hydrogen) atoms. The number of nitrogens with one attached hydrogen (secondary N) is 1. The Labute approximate surface area is 126 Å². The van der Waals surface area contributed by atoms with Crippen LogP contribution in [0.1, 0.15) is 29.7 Å². The van der Waals surface area contributed by atoms with Crippen molar-refractivity contribution in [1.29, 1.82) is 0 Å². The molecule has 1 atom stereocenters. The second-order valence-electron chi connectivity index (χ2n) is 5.06. The number of hydrogen-bond donors (Lipinski definition) is 1. The van der Waals surface area contributed by atoms with Gasteiger partial charge in [0.15, 0.2) is 6.04 Å². The Kier molecular flexibility index (Phi) is 4.99. The first kappa shape index (κ1) is 15.1. The number of carbonyl (C=O) groups is 1. The molecule has 0 radical (unpaired) electrons. The SMILES string of the molecule is CCOC(=O)C(Nc1ccccc1)c1ccc(C)cc1C. The van der Waals surface area contributed by atoms with E-state index in [1.165, 1.54) is 5.56 Å². The summed E-state index contributed by atoms with van der Waals surface area (Å²) in [5, 5.41) is 3.27. The van der Waals surface area contributed by atoms with Gasteiger partial charge in [0.1, 0.15) is 0 Å². The predicted octanol–water partition coefficient (Wildman–Crippen LogP) is 4.02. The normalized spacial score (nSPS) is 11.8. The zero-order valence-corrected chi connectivity index (χ0v) is 12.7. The molecule has 3 nitrogen and oxygen atoms in total. The van der Waals surface area contributed by atoms with E-state index >= 15 is 0 Å². The zero-order valence-electron chi connectivity index (χ0n) is 12.7. The molecule has 0 fully saturated rings. The molecular weight excluding hydrogens is 262 g/mol. The molecule has 0 saturated heterocycles. The number of rotatable bonds is 5. The van der Waals surface area contributed by atoms with E-state index in [2.05, 4.69) is 11.4 Å². The van der Waals surface area contributed by atoms with Crippen LogP contribution in [-0.4, -0.2) is 12.6 Å². The summed E-state index contributed by atoms with van der Waals surface area (Å²) in [7, 11) is 0. The van der Waals surface area contributed by atoms with Crippen molar-refractivity contribution in [3.63, 3.8) is 0 Å². The highest BCUT2D eigenvalue weighted by atomic mass is 16.5. The molecule has 0 amide bonds. The Morgan fingerprint density at radius 2 is 1.86 bits per heavy atom. The van der Waals surface area contributed by atoms with Gasteiger partial charge in [-0.3, -0.25) is 0 Å². The minimum absolute atomic E-state index is 0.256. The summed E-state index contributed by atoms with van der Waals surface area (Å²) in [6, 6.07) is 15.3. The van der Waals surface area contributed by atoms with Crippen molar-refractivity contribution in [3.05, 3.63) is 65.2 Å². The highest BCUT2D eigenvalue weighted by Gasteiger charge is 2.23. The van der Waals surface area contributed by atoms with Crippen LogP contribution in [0.15, 0.2) is 48.5 Å². The molecule has 2 aromatic rings. The second-order valence-corrected chi connectivity index (χ2v) is 5.06. The number of benzene rings is 2. The summed E-state index contributed by atoms with van der Waals surface area (Å²) in [6.07, 6.45) is 0. The van der Waals surface area contributed by atoms with Gasteiger partial charge in [0.05, 0.1) is 6.61 Å². The first-order chi connectivity index (χ1) is 10.1. The van der Waals surface area contributed by atoms with Crippen LogP contribution in [0, 0.1) is 13.8 Å². The number of aryl methyl sites for hydroxylation is 2. The largest absolute Gasteiger partial charge is 0.464 e. The van der Waals surface area contributed by atoms with Crippen LogP contribution in [0.4, 0.5) is 5.69 Å². The summed E-state index contributed by atoms with van der Waals surface area (Å²) in [4.78, 5) is 12.3. The zero-order chi connectivity index (χ0) is 15.2. The van der Waals surface area contributed by atoms with Crippen molar-refractivity contribution in [2.24, 2.45) is 0 Å². The van der Waals surface area contributed by atoms with Gasteiger partial charge in [-0.25, -0.2) is 4.79 Å². The third-order valence-electron chi connectivity index (χ3n) is 3.34. The maximum atomic E-state index is 12.3. The maximum absolute atomic E-state index is 12.3. The van der Waals surface area contributed by atoms with Gasteiger partial charge in [-0.05, 0) is 44.0 Å². The first-order valence-corrected chi connectivity index (χ1v) is 7.17. The maximum Gasteiger partial charge on any atom is 0.333 e. The lowest BCUT2D eigenvalue weighted by atomic mass is 9.99. The van der Waals surface area contributed by atoms with Crippen molar-refractivity contribution < 1.29 is 9.53 Å². The molecule has 0 bridgehead atoms. The number of esters is 1. The Balaban J connectivity index is 2.33. The van der Waals surface area contributed by atoms with E-state index in [4.69, 9.17) is 4.74 Å². The number of anilines is 1. The van der Waals surface area contributed by atoms with Gasteiger partial charge < -0.3 is 10.1 Å². The van der Waals surface area contributed by atoms with E-state index in [0.717, 1.165) is 16.8 Å². The molecule has 0 aliphatic carbocycles. The molecule has 2 aromatic carbocycles. The average molecular weight is 283 g/mol. The molecule has 0 aromatic heterocycles. The van der Waals surface area contributed by atoms with Crippen LogP contribution in [0.5, 0.6) is 0 Å². The standard InChI is InChI=1S/C18H21NO2/c1-4-21-18(20)17(19-15-8-6-5-7-9-15)16-11-10-13(2)12-14(16)3/h5-12,17,19H,4H2,1-3H3. The molecule has 0 heterocycles. The molecule has 2 rings (SSSR count). The molecule has 3 heteroatoms. The average Bonchev–Trinajstić information content (AvgIpc) is 2.47. The monoisotopic (exact) mass is 283 g/mol. The highest BCUT2D eigenvalue weighted by Crippen LogP contribution is 2.24. The molecule has 110 valence electrons. The number of carbonyl (C=O) groups excluding carboxylic acids is 1. The molecule has 1 N–H and O–H groups in total. The fourth-order valence-corrected chi connectivity index (χ4v) is 2.34. The number of para-hydroxylation sites is 1. The number of ether oxygens (including phenoxy) is 1. The van der Waals surface area contributed by atoms with Crippen molar-refractivity contribution in [3.8, 4) is 0 Å². The van der Waals surface area contributed by atoms with Crippen LogP contribution in [-0.2, 0) is 9.53 Å². The highest BCUT2D eigenvalue weighted by molar-refractivity contribution is 5.81. The topological polar surface area (TPSA) is 38.3 Å². The van der Waals surface area contributed by atoms with E-state index < -0.39 is 6.04 Å². The van der Waals surface area contributed by atoms with Gasteiger partial charge in [-0.2, -0.15) is 0 Å². The molecule has 0 aliphatic heterocycles. The van der Waals surface area contributed by atoms with Crippen molar-refractivity contribution in [2.45, 2.75) is 26.8 Å². The van der Waals surface area contributed by atoms with Gasteiger partial charge in [0, 0.05) is 5.69 Å². The van der Waals surface area contributed by atoms with Crippen LogP contribution in [0.2, 0.25) is 0 Å². The lowest BCUT2D eigenvalue weighted by Gasteiger charge is -2.21. The fourth-order valence-electron chi connectivity index (χ4n) is 2.34. The minimum Gasteiger partial charge on any atom is -0.464 e. The van der Waals surface area contributed by atoms with Gasteiger partial charge >= 0.3 is 5.97 Å². The Morgan fingerprint density at radius 1 is 1.14 bits per heavy atom. The predicted molar refractivity (Wildman–Crippen MR) is 85.4 cm³/mol. The van der Waals surface area contributed by atoms with Crippen molar-refractivity contribution >= 4 is 11.7 Å². The number of hydrogen-bond acceptors (Lipinski definition) is 3. The second kappa shape index (κ2) is 6.93. The molecule has 0 saturated carbocycles. The van der Waals surface area contributed by atoms with Crippen LogP contribution in [0.3, 0.4) is 0 Å². The molecule has 0 aliphatic rings. The van der Waals surface area contributed by atoms with E-state index in [9.17, 15) is 4.79 Å². The van der Waals surface area contributed by atoms with Gasteiger partial charge in [0.25, 0.3) is 0 Å². The first-order valence-electron chi connectivity index (χ1n) is 7.17. The summed E-state index contributed by atoms with van der Waals surface area (Å²) in [6.45, 7) is 6.25. The third kappa shape index (κ3) is 3.85. The minimum atomic E-state index is -0.493. The van der Waals surface area contributed by atoms with Crippen LogP contribution >= 0.6 is 0 Å². The Bertz CT molecular complexity index is 608. The molecular formula is C18H21NO2. The smallest absolute Gasteiger partial charge is 0.333 e. The van der Waals surface area contributed by atoms with Gasteiger partial charge in [-0.15, -0.1) is 0 Å². The van der Waals surface area contributed by atoms with Gasteiger partial charge in [0.2, 0.25) is 0 Å². The summed E-state index contributed by atoms with van der Waals surface area (Å²) in [5.41, 5.74) is 4.11. The lowest BCUT2D eigenvalue weighted by Crippen LogP contribution is -2.24. The van der Waals surface area contributed by atoms with Crippen molar-refractivity contribution in [2.75, 3.05) is 11.9 Å².